The maximum absolute atomic E-state index is 13.1. The number of anilines is 1. The average molecular weight is 436 g/mol. The van der Waals surface area contributed by atoms with E-state index in [-0.39, 0.29) is 5.91 Å². The van der Waals surface area contributed by atoms with Gasteiger partial charge in [-0.3, -0.25) is 9.78 Å². The zero-order chi connectivity index (χ0) is 21.6. The molecule has 0 spiro atoms. The summed E-state index contributed by atoms with van der Waals surface area (Å²) in [6, 6.07) is 16.7. The standard InChI is InChI=1S/C25H26ClN3O2/c1-31-20-10-7-17(8-11-20)21-15-18(9-12-22(21)26)25(30)29-23-6-4-14-28-24(23)19-5-2-3-13-27-16-19/h4,6-12,14-15,19,27H,2-3,5,13,16H2,1H3,(H,29,30). The number of nitrogens with one attached hydrogen (secondary N) is 2. The smallest absolute Gasteiger partial charge is 0.255 e. The molecule has 2 heterocycles. The molecular formula is C25H26ClN3O2. The maximum Gasteiger partial charge on any atom is 0.255 e. The van der Waals surface area contributed by atoms with E-state index in [4.69, 9.17) is 16.3 Å². The highest BCUT2D eigenvalue weighted by molar-refractivity contribution is 6.33. The molecule has 4 rings (SSSR count). The van der Waals surface area contributed by atoms with E-state index in [2.05, 4.69) is 15.6 Å². The Hall–Kier alpha value is -2.89. The molecule has 1 aromatic heterocycles. The van der Waals surface area contributed by atoms with Crippen molar-refractivity contribution in [2.75, 3.05) is 25.5 Å². The van der Waals surface area contributed by atoms with Crippen LogP contribution in [0.25, 0.3) is 11.1 Å². The van der Waals surface area contributed by atoms with E-state index < -0.39 is 0 Å². The lowest BCUT2D eigenvalue weighted by atomic mass is 9.97. The molecule has 3 aromatic rings. The minimum atomic E-state index is -0.178. The highest BCUT2D eigenvalue weighted by Crippen LogP contribution is 2.31. The lowest BCUT2D eigenvalue weighted by Crippen LogP contribution is -2.22. The monoisotopic (exact) mass is 435 g/mol. The number of hydrogen-bond donors (Lipinski definition) is 2. The van der Waals surface area contributed by atoms with Gasteiger partial charge in [-0.1, -0.05) is 30.2 Å². The lowest BCUT2D eigenvalue weighted by molar-refractivity contribution is 0.102. The summed E-state index contributed by atoms with van der Waals surface area (Å²) in [7, 11) is 1.63. The van der Waals surface area contributed by atoms with Crippen molar-refractivity contribution >= 4 is 23.2 Å². The van der Waals surface area contributed by atoms with Crippen LogP contribution in [-0.2, 0) is 0 Å². The van der Waals surface area contributed by atoms with Gasteiger partial charge in [-0.05, 0) is 67.4 Å². The minimum absolute atomic E-state index is 0.178. The van der Waals surface area contributed by atoms with E-state index in [1.807, 2.05) is 42.5 Å². The summed E-state index contributed by atoms with van der Waals surface area (Å²) in [5.41, 5.74) is 3.98. The van der Waals surface area contributed by atoms with Gasteiger partial charge in [0.05, 0.1) is 18.5 Å². The van der Waals surface area contributed by atoms with Crippen LogP contribution in [-0.4, -0.2) is 31.1 Å². The summed E-state index contributed by atoms with van der Waals surface area (Å²) in [6.45, 7) is 1.91. The molecule has 2 N–H and O–H groups in total. The number of hydrogen-bond acceptors (Lipinski definition) is 4. The van der Waals surface area contributed by atoms with Gasteiger partial charge in [0.1, 0.15) is 5.75 Å². The Balaban J connectivity index is 1.58. The Labute approximate surface area is 187 Å². The van der Waals surface area contributed by atoms with Crippen molar-refractivity contribution < 1.29 is 9.53 Å². The van der Waals surface area contributed by atoms with E-state index in [9.17, 15) is 4.79 Å². The third kappa shape index (κ3) is 5.06. The second-order valence-corrected chi connectivity index (χ2v) is 8.12. The molecule has 1 amide bonds. The zero-order valence-corrected chi connectivity index (χ0v) is 18.3. The predicted octanol–water partition coefficient (Wildman–Crippen LogP) is 5.52. The third-order valence-electron chi connectivity index (χ3n) is 5.65. The quantitative estimate of drug-likeness (QED) is 0.553. The largest absolute Gasteiger partial charge is 0.497 e. The van der Waals surface area contributed by atoms with Crippen LogP contribution in [0.5, 0.6) is 5.75 Å². The van der Waals surface area contributed by atoms with Crippen molar-refractivity contribution in [1.82, 2.24) is 10.3 Å². The van der Waals surface area contributed by atoms with Gasteiger partial charge in [-0.2, -0.15) is 0 Å². The van der Waals surface area contributed by atoms with E-state index in [0.29, 0.717) is 16.5 Å². The first-order chi connectivity index (χ1) is 15.2. The van der Waals surface area contributed by atoms with Gasteiger partial charge < -0.3 is 15.4 Å². The predicted molar refractivity (Wildman–Crippen MR) is 125 cm³/mol. The number of methoxy groups -OCH3 is 1. The molecular weight excluding hydrogens is 410 g/mol. The van der Waals surface area contributed by atoms with E-state index >= 15 is 0 Å². The Bertz CT molecular complexity index is 1040. The number of rotatable bonds is 5. The SMILES string of the molecule is COc1ccc(-c2cc(C(=O)Nc3cccnc3C3CCCCNC3)ccc2Cl)cc1. The van der Waals surface area contributed by atoms with Crippen molar-refractivity contribution in [3.8, 4) is 16.9 Å². The van der Waals surface area contributed by atoms with Crippen molar-refractivity contribution in [3.05, 3.63) is 77.1 Å². The molecule has 0 saturated carbocycles. The van der Waals surface area contributed by atoms with E-state index in [1.165, 1.54) is 6.42 Å². The van der Waals surface area contributed by atoms with Gasteiger partial charge in [0.2, 0.25) is 0 Å². The summed E-state index contributed by atoms with van der Waals surface area (Å²) in [5.74, 6) is 0.882. The molecule has 6 heteroatoms. The molecule has 0 aliphatic carbocycles. The normalized spacial score (nSPS) is 16.4. The summed E-state index contributed by atoms with van der Waals surface area (Å²) in [6.07, 6.45) is 5.18. The number of pyridine rings is 1. The first-order valence-corrected chi connectivity index (χ1v) is 10.9. The van der Waals surface area contributed by atoms with Crippen LogP contribution in [0.15, 0.2) is 60.8 Å². The highest BCUT2D eigenvalue weighted by Gasteiger charge is 2.20. The van der Waals surface area contributed by atoms with Crippen LogP contribution in [0.2, 0.25) is 5.02 Å². The number of amides is 1. The molecule has 1 fully saturated rings. The summed E-state index contributed by atoms with van der Waals surface area (Å²) in [5, 5.41) is 7.13. The second-order valence-electron chi connectivity index (χ2n) is 7.71. The zero-order valence-electron chi connectivity index (χ0n) is 17.5. The fraction of sp³-hybridized carbons (Fsp3) is 0.280. The number of benzene rings is 2. The fourth-order valence-electron chi connectivity index (χ4n) is 3.95. The Kier molecular flexibility index (Phi) is 6.85. The fourth-order valence-corrected chi connectivity index (χ4v) is 4.18. The van der Waals surface area contributed by atoms with Crippen molar-refractivity contribution in [1.29, 1.82) is 0 Å². The van der Waals surface area contributed by atoms with Gasteiger partial charge >= 0.3 is 0 Å². The van der Waals surface area contributed by atoms with Crippen molar-refractivity contribution in [3.63, 3.8) is 0 Å². The molecule has 1 unspecified atom stereocenters. The Morgan fingerprint density at radius 1 is 1.16 bits per heavy atom. The van der Waals surface area contributed by atoms with Crippen LogP contribution in [0.3, 0.4) is 0 Å². The molecule has 1 aliphatic heterocycles. The number of carbonyl (C=O) groups is 1. The Morgan fingerprint density at radius 2 is 2.00 bits per heavy atom. The number of halogens is 1. The van der Waals surface area contributed by atoms with Gasteiger partial charge in [-0.15, -0.1) is 0 Å². The molecule has 1 atom stereocenters. The topological polar surface area (TPSA) is 63.2 Å². The summed E-state index contributed by atoms with van der Waals surface area (Å²) < 4.78 is 5.23. The first-order valence-electron chi connectivity index (χ1n) is 10.6. The molecule has 2 aromatic carbocycles. The number of aromatic nitrogens is 1. The molecule has 0 radical (unpaired) electrons. The number of carbonyl (C=O) groups excluding carboxylic acids is 1. The van der Waals surface area contributed by atoms with Crippen LogP contribution < -0.4 is 15.4 Å². The minimum Gasteiger partial charge on any atom is -0.497 e. The van der Waals surface area contributed by atoms with Crippen LogP contribution in [0.4, 0.5) is 5.69 Å². The van der Waals surface area contributed by atoms with E-state index in [1.54, 1.807) is 25.4 Å². The number of nitrogens with zero attached hydrogens (tertiary/aromatic N) is 1. The third-order valence-corrected chi connectivity index (χ3v) is 5.98. The lowest BCUT2D eigenvalue weighted by Gasteiger charge is -2.18. The van der Waals surface area contributed by atoms with Gasteiger partial charge in [0.15, 0.2) is 0 Å². The first kappa shape index (κ1) is 21.3. The average Bonchev–Trinajstić information content (AvgIpc) is 3.09. The highest BCUT2D eigenvalue weighted by atomic mass is 35.5. The van der Waals surface area contributed by atoms with Crippen LogP contribution >= 0.6 is 11.6 Å². The summed E-state index contributed by atoms with van der Waals surface area (Å²) in [4.78, 5) is 17.7. The molecule has 1 saturated heterocycles. The van der Waals surface area contributed by atoms with Crippen molar-refractivity contribution in [2.45, 2.75) is 25.2 Å². The molecule has 31 heavy (non-hydrogen) atoms. The molecule has 160 valence electrons. The van der Waals surface area contributed by atoms with Crippen LogP contribution in [0, 0.1) is 0 Å². The molecule has 0 bridgehead atoms. The second kappa shape index (κ2) is 9.94. The molecule has 1 aliphatic rings. The van der Waals surface area contributed by atoms with Gasteiger partial charge in [0.25, 0.3) is 5.91 Å². The summed E-state index contributed by atoms with van der Waals surface area (Å²) >= 11 is 6.43. The van der Waals surface area contributed by atoms with Gasteiger partial charge in [0, 0.05) is 34.8 Å². The van der Waals surface area contributed by atoms with Gasteiger partial charge in [-0.25, -0.2) is 0 Å². The number of ether oxygens (including phenoxy) is 1. The Morgan fingerprint density at radius 3 is 2.81 bits per heavy atom. The van der Waals surface area contributed by atoms with Crippen molar-refractivity contribution in [2.24, 2.45) is 0 Å². The van der Waals surface area contributed by atoms with E-state index in [0.717, 1.165) is 54.2 Å². The maximum atomic E-state index is 13.1. The van der Waals surface area contributed by atoms with Crippen LogP contribution in [0.1, 0.15) is 41.2 Å². The molecule has 5 nitrogen and oxygen atoms in total.